The molecule has 0 bridgehead atoms. The number of nitrogens with zero attached hydrogens (tertiary/aromatic N) is 12. The van der Waals surface area contributed by atoms with Gasteiger partial charge in [-0.2, -0.15) is 25.5 Å². The molecule has 0 saturated heterocycles. The molecule has 1 amide bonds. The van der Waals surface area contributed by atoms with Crippen molar-refractivity contribution in [3.05, 3.63) is 337 Å². The van der Waals surface area contributed by atoms with Crippen LogP contribution in [0.15, 0.2) is 268 Å². The summed E-state index contributed by atoms with van der Waals surface area (Å²) in [5.41, 5.74) is 18.7. The van der Waals surface area contributed by atoms with Crippen LogP contribution in [-0.2, 0) is 56.3 Å². The number of nitro groups is 3. The Morgan fingerprint density at radius 1 is 0.450 bits per heavy atom. The van der Waals surface area contributed by atoms with E-state index in [4.69, 9.17) is 56.6 Å². The average Bonchev–Trinajstić information content (AvgIpc) is 1.67. The first-order valence-corrected chi connectivity index (χ1v) is 45.8. The number of amides is 1. The number of nitrogens with two attached hydrogens (primary N) is 1. The number of fused-ring (bicyclic) bond motifs is 5. The lowest BCUT2D eigenvalue weighted by Crippen LogP contribution is -2.29. The Morgan fingerprint density at radius 2 is 0.771 bits per heavy atom. The van der Waals surface area contributed by atoms with Crippen LogP contribution in [0, 0.1) is 30.3 Å². The van der Waals surface area contributed by atoms with Crippen LogP contribution in [0.2, 0.25) is 0 Å². The van der Waals surface area contributed by atoms with Gasteiger partial charge in [-0.3, -0.25) is 63.9 Å². The molecule has 738 valence electrons. The molecule has 1 aliphatic carbocycles. The molecule has 17 rings (SSSR count). The van der Waals surface area contributed by atoms with Crippen LogP contribution in [-0.4, -0.2) is 142 Å². The maximum atomic E-state index is 11.9. The smallest absolute Gasteiger partial charge is 0.497 e. The zero-order valence-corrected chi connectivity index (χ0v) is 82.7. The number of hydrogen-bond acceptors (Lipinski definition) is 24. The van der Waals surface area contributed by atoms with E-state index in [1.54, 1.807) is 126 Å². The number of nitro benzene ring substituents is 3. The Labute approximate surface area is 826 Å². The van der Waals surface area contributed by atoms with Crippen LogP contribution in [0.1, 0.15) is 142 Å². The highest BCUT2D eigenvalue weighted by molar-refractivity contribution is 9.08. The molecule has 140 heavy (non-hydrogen) atoms. The summed E-state index contributed by atoms with van der Waals surface area (Å²) < 4.78 is 67.7. The van der Waals surface area contributed by atoms with Crippen LogP contribution in [0.25, 0.3) is 54.5 Å². The lowest BCUT2D eigenvalue weighted by Gasteiger charge is -2.21. The van der Waals surface area contributed by atoms with Gasteiger partial charge in [0.15, 0.2) is 0 Å². The Morgan fingerprint density at radius 3 is 1.11 bits per heavy atom. The van der Waals surface area contributed by atoms with Crippen molar-refractivity contribution >= 4 is 129 Å². The van der Waals surface area contributed by atoms with Gasteiger partial charge in [0.05, 0.1) is 144 Å². The summed E-state index contributed by atoms with van der Waals surface area (Å²) in [6.45, 7) is 18.1. The van der Waals surface area contributed by atoms with E-state index in [1.807, 2.05) is 203 Å². The second-order valence-corrected chi connectivity index (χ2v) is 35.3. The molecule has 0 unspecified atom stereocenters. The molecule has 1 saturated carbocycles. The zero-order valence-electron chi connectivity index (χ0n) is 81.4. The number of nitrogen functional groups attached to an aromatic ring is 1. The van der Waals surface area contributed by atoms with Crippen LogP contribution < -0.4 is 34.7 Å². The number of benzene rings is 11. The van der Waals surface area contributed by atoms with E-state index >= 15 is 0 Å². The fourth-order valence-electron chi connectivity index (χ4n) is 13.9. The number of aromatic amines is 1. The van der Waals surface area contributed by atoms with E-state index in [-0.39, 0.29) is 18.5 Å². The van der Waals surface area contributed by atoms with Gasteiger partial charge in [-0.1, -0.05) is 120 Å². The number of methoxy groups -OCH3 is 5. The highest BCUT2D eigenvalue weighted by atomic mass is 79.9. The first kappa shape index (κ1) is 107. The third-order valence-corrected chi connectivity index (χ3v) is 21.7. The van der Waals surface area contributed by atoms with E-state index in [2.05, 4.69) is 80.8 Å². The number of hydrogen-bond donors (Lipinski definition) is 3. The number of halogens is 3. The van der Waals surface area contributed by atoms with Gasteiger partial charge in [0.2, 0.25) is 0 Å². The van der Waals surface area contributed by atoms with Gasteiger partial charge in [-0.15, -0.1) is 11.6 Å². The number of ether oxygens (including phenoxy) is 9. The first-order chi connectivity index (χ1) is 67.4. The molecular formula is C104H118BrClFN15O18. The molecule has 1 fully saturated rings. The summed E-state index contributed by atoms with van der Waals surface area (Å²) in [5.74, 6) is 5.57. The predicted molar refractivity (Wildman–Crippen MR) is 548 cm³/mol. The van der Waals surface area contributed by atoms with Crippen molar-refractivity contribution in [2.75, 3.05) is 53.8 Å². The normalized spacial score (nSPS) is 11.6. The van der Waals surface area contributed by atoms with E-state index in [9.17, 15) is 49.1 Å². The summed E-state index contributed by atoms with van der Waals surface area (Å²) in [6, 6.07) is 73.8. The lowest BCUT2D eigenvalue weighted by molar-refractivity contribution is -0.384. The fraction of sp³-hybridized carbons (Fsp3) is 0.288. The second kappa shape index (κ2) is 52.7. The van der Waals surface area contributed by atoms with Crippen molar-refractivity contribution in [3.63, 3.8) is 0 Å². The summed E-state index contributed by atoms with van der Waals surface area (Å²) in [4.78, 5) is 64.6. The number of H-pyrrole nitrogens is 1. The molecule has 11 aromatic carbocycles. The minimum atomic E-state index is -1.06. The van der Waals surface area contributed by atoms with E-state index in [0.717, 1.165) is 129 Å². The molecule has 1 aliphatic rings. The van der Waals surface area contributed by atoms with Gasteiger partial charge >= 0.3 is 18.4 Å². The van der Waals surface area contributed by atoms with Crippen molar-refractivity contribution in [1.29, 1.82) is 0 Å². The molecule has 0 radical (unpaired) electrons. The van der Waals surface area contributed by atoms with Crippen LogP contribution >= 0.6 is 27.5 Å². The van der Waals surface area contributed by atoms with Crippen molar-refractivity contribution in [1.82, 2.24) is 49.3 Å². The van der Waals surface area contributed by atoms with Crippen LogP contribution in [0.3, 0.4) is 0 Å². The van der Waals surface area contributed by atoms with Crippen molar-refractivity contribution < 1.29 is 79.0 Å². The maximum Gasteiger partial charge on any atom is 0.519 e. The highest BCUT2D eigenvalue weighted by Gasteiger charge is 2.26. The summed E-state index contributed by atoms with van der Waals surface area (Å²) in [5, 5.41) is 63.8. The van der Waals surface area contributed by atoms with Gasteiger partial charge in [0, 0.05) is 87.3 Å². The van der Waals surface area contributed by atoms with Crippen LogP contribution in [0.5, 0.6) is 28.7 Å². The average molecular weight is 2000 g/mol. The number of carbonyl (C=O) groups excluding carboxylic acids is 3. The Hall–Kier alpha value is -15.5. The number of carbonyl (C=O) groups is 3. The van der Waals surface area contributed by atoms with Gasteiger partial charge in [0.1, 0.15) is 45.6 Å². The predicted octanol–water partition coefficient (Wildman–Crippen LogP) is 25.4. The molecule has 33 nitrogen and oxygen atoms in total. The number of nitrogens with one attached hydrogen (secondary N) is 2. The summed E-state index contributed by atoms with van der Waals surface area (Å²) >= 11 is 9.06. The van der Waals surface area contributed by atoms with Crippen LogP contribution in [0.4, 0.5) is 47.2 Å². The first-order valence-electron chi connectivity index (χ1n) is 44.9. The van der Waals surface area contributed by atoms with Gasteiger partial charge in [0.25, 0.3) is 17.1 Å². The van der Waals surface area contributed by atoms with Gasteiger partial charge in [-0.25, -0.2) is 14.4 Å². The maximum absolute atomic E-state index is 11.9. The SMILES string of the molecule is BrCc1ccc(C2CCCCC2)cc1.CC(C)(C)OC(=O)OC(=O)OC(C)(C)C.COc1ccc(CCl)cc1.COc1ccc(Cn2ncc3cc(N)ccc32)cc1.COc1ccc(Cn2ncc3cc(NC(=O)OC(C)(C)C)ccc32)cc1.COc1ccc(Cn2ncc3cc([N+](=O)[O-])ccc32)cc1.COc1ccc(Cn2ncc3cc([N+](=O)[O-])ccc32)cc1.O=[N+]([O-])c1ccc2[nH]ncc2c1.[2H]CF.[HH]. The van der Waals surface area contributed by atoms with E-state index < -0.39 is 57.1 Å². The number of aromatic nitrogens is 10. The Balaban J connectivity index is 0.000000200. The van der Waals surface area contributed by atoms with Crippen molar-refractivity contribution in [2.45, 2.75) is 155 Å². The molecule has 0 atom stereocenters. The highest BCUT2D eigenvalue weighted by Crippen LogP contribution is 2.34. The Bertz CT molecular complexity index is 6520. The molecule has 4 N–H and O–H groups in total. The molecule has 16 aromatic rings. The van der Waals surface area contributed by atoms with E-state index in [1.165, 1.54) is 79.6 Å². The lowest BCUT2D eigenvalue weighted by atomic mass is 9.84. The molecule has 0 aliphatic heterocycles. The minimum absolute atomic E-state index is 0. The monoisotopic (exact) mass is 2000 g/mol. The largest absolute Gasteiger partial charge is 0.519 e. The number of non-ortho nitro benzene ring substituents is 3. The van der Waals surface area contributed by atoms with Gasteiger partial charge in [-0.05, 0) is 235 Å². The number of alkyl halides is 3. The number of anilines is 2. The molecule has 36 heteroatoms. The molecule has 5 aromatic heterocycles. The quantitative estimate of drug-likeness (QED) is 0.0121. The molecule has 0 spiro atoms. The standard InChI is InChI=1S/C20H23N3O3.2C15H13N3O3.C15H15N3O.C13H17Br.C10H18O5.C8H9ClO.C7H5N3O2.CH3F.H2/c1-20(2,3)26-19(24)22-16-7-10-18-15(11-16)12-21-23(18)13-14-5-8-17(25-4)9-6-14;2*1-21-14-5-2-11(3-6-14)10-17-15-7-4-13(18(19)20)8-12(15)9-16-17;1-19-14-5-2-11(3-6-14)10-18-15-7-4-13(16)8-12(15)9-17-18;14-10-11-6-8-13(9-7-11)12-4-2-1-3-5-12;1-9(2,3)14-7(11)13-8(12)15-10(4,5)6;1-10-8-4-2-7(6-9)3-5-8;11-10(12)6-1-2-7-5(3-6)4-8-9-7;1-2;/h5-12H,13H2,1-4H3,(H,22,24);2*2-9H,10H2,1H3;2-9H,10,16H2,1H3;6-9,12H,1-5,10H2;1-6H3;2-5H,6H2,1H3;1-4H,(H,8,9);1H3;1H/i;;;;;;;;1D;. The molecule has 5 heterocycles. The summed E-state index contributed by atoms with van der Waals surface area (Å²) in [6.07, 6.45) is 13.0. The summed E-state index contributed by atoms with van der Waals surface area (Å²) in [7, 11) is 7.22. The third-order valence-electron chi connectivity index (χ3n) is 20.7. The van der Waals surface area contributed by atoms with Crippen molar-refractivity contribution in [2.24, 2.45) is 0 Å². The second-order valence-electron chi connectivity index (χ2n) is 34.4. The third kappa shape index (κ3) is 34.6. The van der Waals surface area contributed by atoms with E-state index in [0.29, 0.717) is 31.2 Å². The minimum Gasteiger partial charge on any atom is -0.497 e. The molecular weight excluding hydrogens is 1880 g/mol. The Kier molecular flexibility index (Phi) is 40.1. The zero-order chi connectivity index (χ0) is 102. The topological polar surface area (TPSA) is 402 Å². The van der Waals surface area contributed by atoms with Gasteiger partial charge < -0.3 is 48.4 Å². The fourth-order valence-corrected chi connectivity index (χ4v) is 14.4. The van der Waals surface area contributed by atoms with Crippen molar-refractivity contribution in [3.8, 4) is 28.7 Å². The number of rotatable bonds is 20.